The molecule has 2 aromatic rings. The Morgan fingerprint density at radius 2 is 2.18 bits per heavy atom. The van der Waals surface area contributed by atoms with Gasteiger partial charge in [-0.3, -0.25) is 0 Å². The second-order valence-corrected chi connectivity index (χ2v) is 8.34. The minimum atomic E-state index is 0.707. The molecule has 3 heterocycles. The number of anilines is 1. The van der Waals surface area contributed by atoms with Gasteiger partial charge in [0.2, 0.25) is 0 Å². The number of thiophene rings is 1. The molecule has 22 heavy (non-hydrogen) atoms. The first-order valence-electron chi connectivity index (χ1n) is 8.00. The van der Waals surface area contributed by atoms with Crippen molar-refractivity contribution in [1.29, 1.82) is 0 Å². The van der Waals surface area contributed by atoms with E-state index in [1.807, 2.05) is 17.6 Å². The van der Waals surface area contributed by atoms with Gasteiger partial charge in [0.05, 0.1) is 23.9 Å². The maximum atomic E-state index is 4.76. The molecule has 2 aromatic heterocycles. The van der Waals surface area contributed by atoms with Crippen molar-refractivity contribution in [2.75, 3.05) is 31.7 Å². The van der Waals surface area contributed by atoms with Gasteiger partial charge in [-0.2, -0.15) is 0 Å². The molecule has 0 amide bonds. The first kappa shape index (κ1) is 16.0. The standard InChI is InChI=1S/C16H24N4S2/c1-10(2)5-7-17-14-13-11-6-8-20(3)9-12(11)22-15(13)19-16(18-14)21-4/h10H,5-9H2,1-4H3,(H,17,18,19)/p+1. The fourth-order valence-electron chi connectivity index (χ4n) is 2.89. The Labute approximate surface area is 140 Å². The van der Waals surface area contributed by atoms with Gasteiger partial charge in [0, 0.05) is 13.0 Å². The van der Waals surface area contributed by atoms with Gasteiger partial charge in [0.15, 0.2) is 5.16 Å². The normalized spacial score (nSPS) is 18.0. The van der Waals surface area contributed by atoms with Crippen LogP contribution in [-0.4, -0.2) is 36.4 Å². The van der Waals surface area contributed by atoms with Crippen LogP contribution in [0.4, 0.5) is 5.82 Å². The molecule has 0 aromatic carbocycles. The van der Waals surface area contributed by atoms with E-state index in [0.29, 0.717) is 5.92 Å². The Morgan fingerprint density at radius 3 is 2.91 bits per heavy atom. The van der Waals surface area contributed by atoms with Gasteiger partial charge >= 0.3 is 0 Å². The zero-order valence-corrected chi connectivity index (χ0v) is 15.5. The van der Waals surface area contributed by atoms with Crippen LogP contribution in [0.5, 0.6) is 0 Å². The number of nitrogens with zero attached hydrogens (tertiary/aromatic N) is 2. The molecule has 0 aliphatic carbocycles. The van der Waals surface area contributed by atoms with E-state index in [1.165, 1.54) is 28.8 Å². The van der Waals surface area contributed by atoms with Crippen LogP contribution >= 0.6 is 23.1 Å². The molecule has 1 unspecified atom stereocenters. The molecule has 1 atom stereocenters. The quantitative estimate of drug-likeness (QED) is 0.650. The highest BCUT2D eigenvalue weighted by molar-refractivity contribution is 7.98. The molecule has 4 nitrogen and oxygen atoms in total. The molecule has 0 bridgehead atoms. The lowest BCUT2D eigenvalue weighted by Crippen LogP contribution is -3.08. The Morgan fingerprint density at radius 1 is 1.36 bits per heavy atom. The number of hydrogen-bond acceptors (Lipinski definition) is 5. The molecule has 3 rings (SSSR count). The molecular weight excluding hydrogens is 312 g/mol. The van der Waals surface area contributed by atoms with Crippen LogP contribution in [-0.2, 0) is 13.0 Å². The summed E-state index contributed by atoms with van der Waals surface area (Å²) in [5.41, 5.74) is 1.49. The predicted molar refractivity (Wildman–Crippen MR) is 96.3 cm³/mol. The minimum Gasteiger partial charge on any atom is -0.369 e. The Hall–Kier alpha value is -0.850. The summed E-state index contributed by atoms with van der Waals surface area (Å²) in [7, 11) is 2.27. The number of aromatic nitrogens is 2. The van der Waals surface area contributed by atoms with Crippen LogP contribution in [0.2, 0.25) is 0 Å². The Bertz CT molecular complexity index is 666. The number of likely N-dealkylation sites (N-methyl/N-ethyl adjacent to an activating group) is 1. The summed E-state index contributed by atoms with van der Waals surface area (Å²) in [6.45, 7) is 7.82. The van der Waals surface area contributed by atoms with E-state index in [2.05, 4.69) is 26.2 Å². The average Bonchev–Trinajstić information content (AvgIpc) is 2.83. The molecule has 1 aliphatic rings. The maximum absolute atomic E-state index is 4.76. The van der Waals surface area contributed by atoms with Crippen molar-refractivity contribution in [2.45, 2.75) is 38.4 Å². The molecule has 0 saturated carbocycles. The smallest absolute Gasteiger partial charge is 0.190 e. The lowest BCUT2D eigenvalue weighted by molar-refractivity contribution is -0.895. The van der Waals surface area contributed by atoms with Gasteiger partial charge in [0.1, 0.15) is 17.2 Å². The van der Waals surface area contributed by atoms with Crippen molar-refractivity contribution in [2.24, 2.45) is 5.92 Å². The third-order valence-electron chi connectivity index (χ3n) is 4.17. The van der Waals surface area contributed by atoms with Crippen molar-refractivity contribution in [1.82, 2.24) is 9.97 Å². The number of fused-ring (bicyclic) bond motifs is 3. The lowest BCUT2D eigenvalue weighted by Gasteiger charge is -2.19. The zero-order chi connectivity index (χ0) is 15.7. The van der Waals surface area contributed by atoms with E-state index in [9.17, 15) is 0 Å². The van der Waals surface area contributed by atoms with Crippen molar-refractivity contribution in [3.63, 3.8) is 0 Å². The molecule has 0 fully saturated rings. The van der Waals surface area contributed by atoms with Crippen molar-refractivity contribution in [3.8, 4) is 0 Å². The number of rotatable bonds is 5. The highest BCUT2D eigenvalue weighted by Gasteiger charge is 2.24. The summed E-state index contributed by atoms with van der Waals surface area (Å²) in [6, 6.07) is 0. The monoisotopic (exact) mass is 337 g/mol. The van der Waals surface area contributed by atoms with Gasteiger partial charge in [-0.05, 0) is 24.2 Å². The van der Waals surface area contributed by atoms with Crippen LogP contribution in [0.1, 0.15) is 30.7 Å². The van der Waals surface area contributed by atoms with Gasteiger partial charge in [0.25, 0.3) is 0 Å². The van der Waals surface area contributed by atoms with Crippen LogP contribution in [0.15, 0.2) is 5.16 Å². The van der Waals surface area contributed by atoms with E-state index in [1.54, 1.807) is 16.7 Å². The Balaban J connectivity index is 2.00. The first-order valence-corrected chi connectivity index (χ1v) is 10.0. The fraction of sp³-hybridized carbons (Fsp3) is 0.625. The minimum absolute atomic E-state index is 0.707. The van der Waals surface area contributed by atoms with Gasteiger partial charge < -0.3 is 10.2 Å². The number of quaternary nitrogens is 1. The third kappa shape index (κ3) is 3.24. The van der Waals surface area contributed by atoms with Gasteiger partial charge in [-0.15, -0.1) is 11.3 Å². The molecule has 2 N–H and O–H groups in total. The van der Waals surface area contributed by atoms with E-state index in [4.69, 9.17) is 9.97 Å². The number of nitrogens with one attached hydrogen (secondary N) is 2. The number of hydrogen-bond donors (Lipinski definition) is 2. The van der Waals surface area contributed by atoms with Gasteiger partial charge in [-0.25, -0.2) is 9.97 Å². The van der Waals surface area contributed by atoms with Crippen molar-refractivity contribution >= 4 is 39.1 Å². The summed E-state index contributed by atoms with van der Waals surface area (Å²) in [6.07, 6.45) is 4.35. The zero-order valence-electron chi connectivity index (χ0n) is 13.8. The van der Waals surface area contributed by atoms with E-state index >= 15 is 0 Å². The topological polar surface area (TPSA) is 42.2 Å². The van der Waals surface area contributed by atoms with E-state index in [0.717, 1.165) is 35.3 Å². The SMILES string of the molecule is CSc1nc(NCCC(C)C)c2c3c(sc2n1)C[NH+](C)CC3. The molecule has 0 saturated heterocycles. The molecule has 1 aliphatic heterocycles. The first-order chi connectivity index (χ1) is 10.6. The van der Waals surface area contributed by atoms with Crippen LogP contribution in [0, 0.1) is 5.92 Å². The summed E-state index contributed by atoms with van der Waals surface area (Å²) in [4.78, 5) is 13.8. The highest BCUT2D eigenvalue weighted by Crippen LogP contribution is 2.36. The summed E-state index contributed by atoms with van der Waals surface area (Å²) >= 11 is 3.48. The third-order valence-corrected chi connectivity index (χ3v) is 5.85. The second-order valence-electron chi connectivity index (χ2n) is 6.49. The van der Waals surface area contributed by atoms with Crippen LogP contribution < -0.4 is 10.2 Å². The van der Waals surface area contributed by atoms with Gasteiger partial charge in [-0.1, -0.05) is 25.6 Å². The molecule has 6 heteroatoms. The molecule has 120 valence electrons. The second kappa shape index (κ2) is 6.72. The summed E-state index contributed by atoms with van der Waals surface area (Å²) in [5.74, 6) is 1.76. The van der Waals surface area contributed by atoms with Crippen LogP contribution in [0.25, 0.3) is 10.2 Å². The number of thioether (sulfide) groups is 1. The molecule has 0 spiro atoms. The van der Waals surface area contributed by atoms with E-state index in [-0.39, 0.29) is 0 Å². The maximum Gasteiger partial charge on any atom is 0.190 e. The van der Waals surface area contributed by atoms with Crippen molar-refractivity contribution < 1.29 is 4.90 Å². The Kier molecular flexibility index (Phi) is 4.90. The molecular formula is C16H25N4S2+. The fourth-order valence-corrected chi connectivity index (χ4v) is 4.65. The molecule has 0 radical (unpaired) electrons. The summed E-state index contributed by atoms with van der Waals surface area (Å²) in [5, 5.41) is 5.74. The lowest BCUT2D eigenvalue weighted by atomic mass is 10.1. The van der Waals surface area contributed by atoms with Crippen LogP contribution in [0.3, 0.4) is 0 Å². The van der Waals surface area contributed by atoms with Crippen molar-refractivity contribution in [3.05, 3.63) is 10.4 Å². The largest absolute Gasteiger partial charge is 0.369 e. The predicted octanol–water partition coefficient (Wildman–Crippen LogP) is 2.44. The average molecular weight is 338 g/mol. The summed E-state index contributed by atoms with van der Waals surface area (Å²) < 4.78 is 0. The van der Waals surface area contributed by atoms with E-state index < -0.39 is 0 Å². The highest BCUT2D eigenvalue weighted by atomic mass is 32.2.